The van der Waals surface area contributed by atoms with E-state index in [0.29, 0.717) is 0 Å². The largest absolute Gasteiger partial charge is 0.324 e. The van der Waals surface area contributed by atoms with E-state index in [1.54, 1.807) is 0 Å². The lowest BCUT2D eigenvalue weighted by Crippen LogP contribution is -2.40. The molecular formula is C15H22N2O. The van der Waals surface area contributed by atoms with E-state index in [0.717, 1.165) is 29.9 Å². The van der Waals surface area contributed by atoms with Crippen LogP contribution in [0.2, 0.25) is 0 Å². The minimum Gasteiger partial charge on any atom is -0.324 e. The topological polar surface area (TPSA) is 32.3 Å². The fourth-order valence-corrected chi connectivity index (χ4v) is 2.53. The number of carbonyl (C=O) groups is 1. The minimum atomic E-state index is -0.0356. The molecule has 1 aliphatic heterocycles. The summed E-state index contributed by atoms with van der Waals surface area (Å²) in [6.07, 6.45) is 2.42. The monoisotopic (exact) mass is 246 g/mol. The molecular weight excluding hydrogens is 224 g/mol. The molecule has 0 aromatic heterocycles. The number of anilines is 1. The third-order valence-electron chi connectivity index (χ3n) is 3.80. The van der Waals surface area contributed by atoms with Crippen molar-refractivity contribution < 1.29 is 4.79 Å². The zero-order valence-corrected chi connectivity index (χ0v) is 11.5. The smallest absolute Gasteiger partial charge is 0.241 e. The van der Waals surface area contributed by atoms with Crippen LogP contribution >= 0.6 is 0 Å². The first-order valence-corrected chi connectivity index (χ1v) is 6.70. The highest BCUT2D eigenvalue weighted by atomic mass is 16.2. The molecule has 1 amide bonds. The Morgan fingerprint density at radius 2 is 1.78 bits per heavy atom. The maximum absolute atomic E-state index is 12.3. The Kier molecular flexibility index (Phi) is 4.02. The van der Waals surface area contributed by atoms with E-state index in [4.69, 9.17) is 0 Å². The summed E-state index contributed by atoms with van der Waals surface area (Å²) in [4.78, 5) is 14.5. The van der Waals surface area contributed by atoms with Gasteiger partial charge in [-0.25, -0.2) is 0 Å². The summed E-state index contributed by atoms with van der Waals surface area (Å²) in [6.45, 7) is 8.14. The number of benzene rings is 1. The van der Waals surface area contributed by atoms with Crippen molar-refractivity contribution in [3.63, 3.8) is 0 Å². The van der Waals surface area contributed by atoms with Crippen LogP contribution in [0.1, 0.15) is 30.9 Å². The molecule has 0 saturated carbocycles. The van der Waals surface area contributed by atoms with Crippen molar-refractivity contribution in [3.05, 3.63) is 29.3 Å². The molecule has 0 aliphatic carbocycles. The van der Waals surface area contributed by atoms with Gasteiger partial charge in [0.25, 0.3) is 0 Å². The van der Waals surface area contributed by atoms with Crippen molar-refractivity contribution in [3.8, 4) is 0 Å². The number of aryl methyl sites for hydroxylation is 2. The predicted molar refractivity (Wildman–Crippen MR) is 74.8 cm³/mol. The number of carbonyl (C=O) groups excluding carboxylic acids is 1. The highest BCUT2D eigenvalue weighted by Gasteiger charge is 2.24. The summed E-state index contributed by atoms with van der Waals surface area (Å²) in [5.41, 5.74) is 3.21. The average Bonchev–Trinajstić information content (AvgIpc) is 2.86. The number of para-hydroxylation sites is 1. The first-order chi connectivity index (χ1) is 8.59. The van der Waals surface area contributed by atoms with Gasteiger partial charge in [0, 0.05) is 5.69 Å². The number of likely N-dealkylation sites (tertiary alicyclic amines) is 1. The molecule has 1 saturated heterocycles. The summed E-state index contributed by atoms with van der Waals surface area (Å²) in [6, 6.07) is 6.04. The van der Waals surface area contributed by atoms with Crippen LogP contribution in [0.5, 0.6) is 0 Å². The van der Waals surface area contributed by atoms with Crippen LogP contribution in [0.4, 0.5) is 5.69 Å². The zero-order valence-electron chi connectivity index (χ0n) is 11.5. The van der Waals surface area contributed by atoms with E-state index < -0.39 is 0 Å². The zero-order chi connectivity index (χ0) is 13.1. The SMILES string of the molecule is Cc1cccc(C)c1NC(=O)[C@@H](C)N1CCCC1. The van der Waals surface area contributed by atoms with Gasteiger partial charge in [-0.1, -0.05) is 18.2 Å². The van der Waals surface area contributed by atoms with Crippen molar-refractivity contribution in [2.24, 2.45) is 0 Å². The van der Waals surface area contributed by atoms with Crippen molar-refractivity contribution in [2.45, 2.75) is 39.7 Å². The molecule has 0 radical (unpaired) electrons. The minimum absolute atomic E-state index is 0.0356. The number of hydrogen-bond donors (Lipinski definition) is 1. The van der Waals surface area contributed by atoms with Crippen LogP contribution in [0.15, 0.2) is 18.2 Å². The maximum Gasteiger partial charge on any atom is 0.241 e. The molecule has 1 aromatic carbocycles. The van der Waals surface area contributed by atoms with Gasteiger partial charge in [0.15, 0.2) is 0 Å². The van der Waals surface area contributed by atoms with Gasteiger partial charge in [0.2, 0.25) is 5.91 Å². The molecule has 3 heteroatoms. The van der Waals surface area contributed by atoms with E-state index in [2.05, 4.69) is 10.2 Å². The van der Waals surface area contributed by atoms with Crippen LogP contribution in [-0.2, 0) is 4.79 Å². The summed E-state index contributed by atoms with van der Waals surface area (Å²) < 4.78 is 0. The number of rotatable bonds is 3. The second-order valence-corrected chi connectivity index (χ2v) is 5.18. The Balaban J connectivity index is 2.06. The van der Waals surface area contributed by atoms with E-state index in [1.165, 1.54) is 12.8 Å². The molecule has 1 aliphatic rings. The van der Waals surface area contributed by atoms with Crippen LogP contribution in [0.25, 0.3) is 0 Å². The lowest BCUT2D eigenvalue weighted by atomic mass is 10.1. The average molecular weight is 246 g/mol. The van der Waals surface area contributed by atoms with Crippen LogP contribution in [0.3, 0.4) is 0 Å². The summed E-state index contributed by atoms with van der Waals surface area (Å²) in [5, 5.41) is 3.07. The van der Waals surface area contributed by atoms with Gasteiger partial charge in [0.1, 0.15) is 0 Å². The molecule has 2 rings (SSSR count). The molecule has 0 spiro atoms. The molecule has 1 N–H and O–H groups in total. The van der Waals surface area contributed by atoms with E-state index in [-0.39, 0.29) is 11.9 Å². The molecule has 3 nitrogen and oxygen atoms in total. The Morgan fingerprint density at radius 3 is 2.33 bits per heavy atom. The molecule has 0 bridgehead atoms. The summed E-state index contributed by atoms with van der Waals surface area (Å²) in [5.74, 6) is 0.106. The fourth-order valence-electron chi connectivity index (χ4n) is 2.53. The van der Waals surface area contributed by atoms with E-state index in [9.17, 15) is 4.79 Å². The Hall–Kier alpha value is -1.35. The first-order valence-electron chi connectivity index (χ1n) is 6.70. The fraction of sp³-hybridized carbons (Fsp3) is 0.533. The van der Waals surface area contributed by atoms with E-state index >= 15 is 0 Å². The Morgan fingerprint density at radius 1 is 1.22 bits per heavy atom. The molecule has 1 aromatic rings. The first kappa shape index (κ1) is 13.1. The van der Waals surface area contributed by atoms with Crippen LogP contribution < -0.4 is 5.32 Å². The highest BCUT2D eigenvalue weighted by Crippen LogP contribution is 2.20. The standard InChI is InChI=1S/C15H22N2O/c1-11-7-6-8-12(2)14(11)16-15(18)13(3)17-9-4-5-10-17/h6-8,13H,4-5,9-10H2,1-3H3,(H,16,18)/t13-/m1/s1. The van der Waals surface area contributed by atoms with Crippen LogP contribution in [0, 0.1) is 13.8 Å². The third-order valence-corrected chi connectivity index (χ3v) is 3.80. The predicted octanol–water partition coefficient (Wildman–Crippen LogP) is 2.73. The summed E-state index contributed by atoms with van der Waals surface area (Å²) >= 11 is 0. The van der Waals surface area contributed by atoms with Gasteiger partial charge in [-0.3, -0.25) is 9.69 Å². The van der Waals surface area contributed by atoms with E-state index in [1.807, 2.05) is 39.0 Å². The van der Waals surface area contributed by atoms with Crippen molar-refractivity contribution in [1.29, 1.82) is 0 Å². The number of hydrogen-bond acceptors (Lipinski definition) is 2. The lowest BCUT2D eigenvalue weighted by molar-refractivity contribution is -0.120. The van der Waals surface area contributed by atoms with Crippen molar-refractivity contribution in [1.82, 2.24) is 4.90 Å². The quantitative estimate of drug-likeness (QED) is 0.889. The van der Waals surface area contributed by atoms with Gasteiger partial charge < -0.3 is 5.32 Å². The molecule has 0 unspecified atom stereocenters. The normalized spacial score (nSPS) is 17.7. The van der Waals surface area contributed by atoms with Crippen molar-refractivity contribution >= 4 is 11.6 Å². The number of nitrogens with zero attached hydrogens (tertiary/aromatic N) is 1. The van der Waals surface area contributed by atoms with Crippen LogP contribution in [-0.4, -0.2) is 29.9 Å². The van der Waals surface area contributed by atoms with Crippen molar-refractivity contribution in [2.75, 3.05) is 18.4 Å². The van der Waals surface area contributed by atoms with Gasteiger partial charge in [0.05, 0.1) is 6.04 Å². The lowest BCUT2D eigenvalue weighted by Gasteiger charge is -2.23. The number of amides is 1. The molecule has 98 valence electrons. The van der Waals surface area contributed by atoms with Gasteiger partial charge in [-0.2, -0.15) is 0 Å². The second kappa shape index (κ2) is 5.53. The third kappa shape index (κ3) is 2.72. The highest BCUT2D eigenvalue weighted by molar-refractivity contribution is 5.95. The van der Waals surface area contributed by atoms with Gasteiger partial charge >= 0.3 is 0 Å². The Labute approximate surface area is 109 Å². The maximum atomic E-state index is 12.3. The molecule has 18 heavy (non-hydrogen) atoms. The molecule has 1 fully saturated rings. The van der Waals surface area contributed by atoms with Gasteiger partial charge in [-0.05, 0) is 57.8 Å². The summed E-state index contributed by atoms with van der Waals surface area (Å²) in [7, 11) is 0. The number of nitrogens with one attached hydrogen (secondary N) is 1. The van der Waals surface area contributed by atoms with Gasteiger partial charge in [-0.15, -0.1) is 0 Å². The molecule has 1 atom stereocenters. The molecule has 1 heterocycles. The Bertz CT molecular complexity index is 416. The second-order valence-electron chi connectivity index (χ2n) is 5.18.